The third-order valence-electron chi connectivity index (χ3n) is 2.84. The summed E-state index contributed by atoms with van der Waals surface area (Å²) in [6.45, 7) is 4.39. The van der Waals surface area contributed by atoms with Gasteiger partial charge in [-0.05, 0) is 38.5 Å². The van der Waals surface area contributed by atoms with Gasteiger partial charge in [-0.15, -0.1) is 0 Å². The molecule has 1 N–H and O–H groups in total. The van der Waals surface area contributed by atoms with Crippen molar-refractivity contribution in [1.29, 1.82) is 0 Å². The molecule has 4 heteroatoms. The van der Waals surface area contributed by atoms with Crippen LogP contribution in [0, 0.1) is 5.92 Å². The Bertz CT molecular complexity index is 229. The number of hydrogen-bond acceptors (Lipinski definition) is 3. The number of nitrogens with one attached hydrogen (secondary N) is 1. The van der Waals surface area contributed by atoms with Gasteiger partial charge in [0, 0.05) is 5.71 Å². The molecule has 0 heterocycles. The van der Waals surface area contributed by atoms with E-state index in [-0.39, 0.29) is 0 Å². The normalized spacial score (nSPS) is 20.9. The molecule has 0 aromatic rings. The lowest BCUT2D eigenvalue weighted by atomic mass is 9.86. The maximum Gasteiger partial charge on any atom is 0.427 e. The highest BCUT2D eigenvalue weighted by Crippen LogP contribution is 2.24. The molecule has 1 aliphatic carbocycles. The SMILES string of the molecule is CCOC(=O)NN=C1CCC(CC)CC1. The topological polar surface area (TPSA) is 50.7 Å². The van der Waals surface area contributed by atoms with Crippen LogP contribution in [-0.2, 0) is 4.74 Å². The van der Waals surface area contributed by atoms with Crippen molar-refractivity contribution in [3.05, 3.63) is 0 Å². The van der Waals surface area contributed by atoms with Crippen LogP contribution < -0.4 is 5.43 Å². The van der Waals surface area contributed by atoms with E-state index >= 15 is 0 Å². The van der Waals surface area contributed by atoms with E-state index in [1.54, 1.807) is 6.92 Å². The highest BCUT2D eigenvalue weighted by molar-refractivity contribution is 5.86. The van der Waals surface area contributed by atoms with Crippen LogP contribution in [0.15, 0.2) is 5.10 Å². The molecule has 1 rings (SSSR count). The molecule has 15 heavy (non-hydrogen) atoms. The molecular formula is C11H20N2O2. The Morgan fingerprint density at radius 2 is 2.13 bits per heavy atom. The molecule has 0 radical (unpaired) electrons. The van der Waals surface area contributed by atoms with E-state index in [4.69, 9.17) is 4.74 Å². The summed E-state index contributed by atoms with van der Waals surface area (Å²) in [5.74, 6) is 0.839. The Hall–Kier alpha value is -1.06. The molecule has 1 saturated carbocycles. The van der Waals surface area contributed by atoms with Crippen molar-refractivity contribution in [1.82, 2.24) is 5.43 Å². The number of hydrogen-bond donors (Lipinski definition) is 1. The minimum Gasteiger partial charge on any atom is -0.449 e. The van der Waals surface area contributed by atoms with Gasteiger partial charge in [0.1, 0.15) is 0 Å². The summed E-state index contributed by atoms with van der Waals surface area (Å²) in [6.07, 6.45) is 5.19. The zero-order chi connectivity index (χ0) is 11.1. The lowest BCUT2D eigenvalue weighted by Gasteiger charge is -2.21. The molecule has 0 aromatic carbocycles. The minimum atomic E-state index is -0.456. The van der Waals surface area contributed by atoms with E-state index in [2.05, 4.69) is 17.5 Å². The predicted octanol–water partition coefficient (Wildman–Crippen LogP) is 2.69. The summed E-state index contributed by atoms with van der Waals surface area (Å²) in [7, 11) is 0. The molecule has 1 aliphatic rings. The molecule has 0 atom stereocenters. The van der Waals surface area contributed by atoms with E-state index in [9.17, 15) is 4.79 Å². The molecule has 0 aromatic heterocycles. The highest BCUT2D eigenvalue weighted by Gasteiger charge is 2.15. The van der Waals surface area contributed by atoms with Gasteiger partial charge in [-0.1, -0.05) is 13.3 Å². The Labute approximate surface area is 91.1 Å². The van der Waals surface area contributed by atoms with E-state index in [1.165, 1.54) is 19.3 Å². The third-order valence-corrected chi connectivity index (χ3v) is 2.84. The molecule has 1 amide bonds. The lowest BCUT2D eigenvalue weighted by Crippen LogP contribution is -2.22. The molecule has 86 valence electrons. The van der Waals surface area contributed by atoms with E-state index in [1.807, 2.05) is 0 Å². The fraction of sp³-hybridized carbons (Fsp3) is 0.818. The standard InChI is InChI=1S/C11H20N2O2/c1-3-9-5-7-10(8-6-9)12-13-11(14)15-4-2/h9H,3-8H2,1-2H3,(H,13,14). The number of nitrogens with zero attached hydrogens (tertiary/aromatic N) is 1. The summed E-state index contributed by atoms with van der Waals surface area (Å²) >= 11 is 0. The molecule has 0 bridgehead atoms. The fourth-order valence-corrected chi connectivity index (χ4v) is 1.82. The van der Waals surface area contributed by atoms with Crippen LogP contribution in [0.3, 0.4) is 0 Å². The summed E-state index contributed by atoms with van der Waals surface area (Å²) in [4.78, 5) is 11.0. The molecule has 0 saturated heterocycles. The molecular weight excluding hydrogens is 192 g/mol. The van der Waals surface area contributed by atoms with E-state index in [0.717, 1.165) is 24.5 Å². The first kappa shape index (κ1) is 12.0. The number of amides is 1. The van der Waals surface area contributed by atoms with Crippen LogP contribution in [0.2, 0.25) is 0 Å². The van der Waals surface area contributed by atoms with Gasteiger partial charge in [-0.3, -0.25) is 0 Å². The molecule has 0 spiro atoms. The number of hydrazone groups is 1. The van der Waals surface area contributed by atoms with Gasteiger partial charge in [-0.25, -0.2) is 10.2 Å². The average Bonchev–Trinajstić information content (AvgIpc) is 2.27. The monoisotopic (exact) mass is 212 g/mol. The summed E-state index contributed by atoms with van der Waals surface area (Å²) < 4.78 is 4.72. The van der Waals surface area contributed by atoms with Crippen LogP contribution in [0.25, 0.3) is 0 Å². The van der Waals surface area contributed by atoms with E-state index < -0.39 is 6.09 Å². The molecule has 0 unspecified atom stereocenters. The first-order chi connectivity index (χ1) is 7.26. The van der Waals surface area contributed by atoms with Crippen LogP contribution in [0.5, 0.6) is 0 Å². The number of carbonyl (C=O) groups excluding carboxylic acids is 1. The first-order valence-electron chi connectivity index (χ1n) is 5.74. The van der Waals surface area contributed by atoms with Crippen molar-refractivity contribution < 1.29 is 9.53 Å². The van der Waals surface area contributed by atoms with Gasteiger partial charge in [0.05, 0.1) is 6.61 Å². The van der Waals surface area contributed by atoms with Crippen LogP contribution in [-0.4, -0.2) is 18.4 Å². The summed E-state index contributed by atoms with van der Waals surface area (Å²) in [6, 6.07) is 0. The quantitative estimate of drug-likeness (QED) is 0.731. The minimum absolute atomic E-state index is 0.384. The second-order valence-corrected chi connectivity index (χ2v) is 3.86. The van der Waals surface area contributed by atoms with Gasteiger partial charge in [0.15, 0.2) is 0 Å². The van der Waals surface area contributed by atoms with Crippen LogP contribution in [0.4, 0.5) is 4.79 Å². The molecule has 1 fully saturated rings. The van der Waals surface area contributed by atoms with Gasteiger partial charge in [-0.2, -0.15) is 5.10 Å². The Morgan fingerprint density at radius 1 is 1.47 bits per heavy atom. The maximum absolute atomic E-state index is 11.0. The Balaban J connectivity index is 2.27. The van der Waals surface area contributed by atoms with Gasteiger partial charge in [0.2, 0.25) is 0 Å². The number of ether oxygens (including phenoxy) is 1. The van der Waals surface area contributed by atoms with Crippen molar-refractivity contribution in [3.63, 3.8) is 0 Å². The zero-order valence-corrected chi connectivity index (χ0v) is 9.58. The first-order valence-corrected chi connectivity index (χ1v) is 5.74. The van der Waals surface area contributed by atoms with Crippen molar-refractivity contribution >= 4 is 11.8 Å². The summed E-state index contributed by atoms with van der Waals surface area (Å²) in [5.41, 5.74) is 3.50. The van der Waals surface area contributed by atoms with Gasteiger partial charge < -0.3 is 4.74 Å². The molecule has 0 aliphatic heterocycles. The largest absolute Gasteiger partial charge is 0.449 e. The number of carbonyl (C=O) groups is 1. The Morgan fingerprint density at radius 3 is 2.67 bits per heavy atom. The maximum atomic E-state index is 11.0. The third kappa shape index (κ3) is 4.32. The smallest absolute Gasteiger partial charge is 0.427 e. The fourth-order valence-electron chi connectivity index (χ4n) is 1.82. The second-order valence-electron chi connectivity index (χ2n) is 3.86. The van der Waals surface area contributed by atoms with Gasteiger partial charge >= 0.3 is 6.09 Å². The van der Waals surface area contributed by atoms with Gasteiger partial charge in [0.25, 0.3) is 0 Å². The lowest BCUT2D eigenvalue weighted by molar-refractivity contribution is 0.152. The van der Waals surface area contributed by atoms with Crippen molar-refractivity contribution in [2.75, 3.05) is 6.61 Å². The van der Waals surface area contributed by atoms with E-state index in [0.29, 0.717) is 6.61 Å². The predicted molar refractivity (Wildman–Crippen MR) is 59.8 cm³/mol. The van der Waals surface area contributed by atoms with Crippen molar-refractivity contribution in [3.8, 4) is 0 Å². The summed E-state index contributed by atoms with van der Waals surface area (Å²) in [5, 5.41) is 4.06. The average molecular weight is 212 g/mol. The van der Waals surface area contributed by atoms with Crippen LogP contribution in [0.1, 0.15) is 46.0 Å². The van der Waals surface area contributed by atoms with Crippen molar-refractivity contribution in [2.45, 2.75) is 46.0 Å². The number of rotatable bonds is 3. The Kier molecular flexibility index (Phi) is 5.15. The zero-order valence-electron chi connectivity index (χ0n) is 9.58. The van der Waals surface area contributed by atoms with Crippen LogP contribution >= 0.6 is 0 Å². The second kappa shape index (κ2) is 6.43. The molecule has 4 nitrogen and oxygen atoms in total. The van der Waals surface area contributed by atoms with Crippen molar-refractivity contribution in [2.24, 2.45) is 11.0 Å². The highest BCUT2D eigenvalue weighted by atomic mass is 16.5.